The Kier molecular flexibility index (Phi) is 8.82. The third-order valence-corrected chi connectivity index (χ3v) is 6.83. The molecule has 2 amide bonds. The van der Waals surface area contributed by atoms with Crippen LogP contribution in [-0.4, -0.2) is 67.8 Å². The Morgan fingerprint density at radius 1 is 1.21 bits per heavy atom. The van der Waals surface area contributed by atoms with Gasteiger partial charge in [-0.25, -0.2) is 9.97 Å². The number of carbonyl (C=O) groups is 2. The highest BCUT2D eigenvalue weighted by Gasteiger charge is 2.30. The van der Waals surface area contributed by atoms with Crippen molar-refractivity contribution in [2.75, 3.05) is 45.2 Å². The molecule has 3 N–H and O–H groups in total. The van der Waals surface area contributed by atoms with Crippen molar-refractivity contribution in [3.63, 3.8) is 0 Å². The third-order valence-electron chi connectivity index (χ3n) is 6.50. The largest absolute Gasteiger partial charge is 0.494 e. The predicted octanol–water partition coefficient (Wildman–Crippen LogP) is 2.93. The monoisotopic (exact) mass is 553 g/mol. The molecule has 39 heavy (non-hydrogen) atoms. The Labute approximate surface area is 232 Å². The molecule has 1 aromatic carbocycles. The zero-order chi connectivity index (χ0) is 28.1. The fourth-order valence-electron chi connectivity index (χ4n) is 4.54. The van der Waals surface area contributed by atoms with Crippen molar-refractivity contribution in [2.24, 2.45) is 0 Å². The summed E-state index contributed by atoms with van der Waals surface area (Å²) in [5, 5.41) is 13.0. The quantitative estimate of drug-likeness (QED) is 0.242. The van der Waals surface area contributed by atoms with Gasteiger partial charge in [0.05, 0.1) is 47.2 Å². The Hall–Kier alpha value is -3.96. The number of nitrogens with one attached hydrogen (secondary N) is 3. The Balaban J connectivity index is 1.83. The molecule has 0 saturated heterocycles. The van der Waals surface area contributed by atoms with Crippen LogP contribution in [0.2, 0.25) is 5.02 Å². The molecule has 12 heteroatoms. The second kappa shape index (κ2) is 12.3. The molecule has 0 fully saturated rings. The maximum atomic E-state index is 12.6. The number of likely N-dealkylation sites (N-methyl/N-ethyl adjacent to an activating group) is 1. The Morgan fingerprint density at radius 2 is 2.00 bits per heavy atom. The highest BCUT2D eigenvalue weighted by molar-refractivity contribution is 6.33. The summed E-state index contributed by atoms with van der Waals surface area (Å²) in [7, 11) is 3.45. The van der Waals surface area contributed by atoms with E-state index in [1.807, 2.05) is 44.9 Å². The number of hydrogen-bond donors (Lipinski definition) is 3. The number of anilines is 1. The minimum Gasteiger partial charge on any atom is -0.494 e. The van der Waals surface area contributed by atoms with E-state index in [-0.39, 0.29) is 19.0 Å². The van der Waals surface area contributed by atoms with Crippen LogP contribution in [0.25, 0.3) is 22.6 Å². The lowest BCUT2D eigenvalue weighted by molar-refractivity contribution is -0.117. The zero-order valence-corrected chi connectivity index (χ0v) is 23.4. The Morgan fingerprint density at radius 3 is 2.67 bits per heavy atom. The highest BCUT2D eigenvalue weighted by atomic mass is 35.5. The van der Waals surface area contributed by atoms with Gasteiger partial charge < -0.3 is 30.1 Å². The minimum absolute atomic E-state index is 0.247. The van der Waals surface area contributed by atoms with E-state index in [1.54, 1.807) is 13.1 Å². The van der Waals surface area contributed by atoms with Crippen molar-refractivity contribution in [3.05, 3.63) is 51.5 Å². The number of amides is 2. The first-order chi connectivity index (χ1) is 18.8. The molecule has 206 valence electrons. The molecular weight excluding hydrogens is 522 g/mol. The average molecular weight is 554 g/mol. The molecule has 0 aliphatic carbocycles. The van der Waals surface area contributed by atoms with Crippen LogP contribution in [-0.2, 0) is 9.59 Å². The molecule has 0 radical (unpaired) electrons. The lowest BCUT2D eigenvalue weighted by Crippen LogP contribution is -2.27. The van der Waals surface area contributed by atoms with Crippen molar-refractivity contribution >= 4 is 29.7 Å². The SMILES string of the molecule is CNCCCOc1ccc(Cl)c(-c2nc(-c3c(C)noc3C)c(C)c(N3CC(NC=O)=C(C(=O)NC)C3)n2)c1. The third kappa shape index (κ3) is 5.89. The van der Waals surface area contributed by atoms with Gasteiger partial charge in [0, 0.05) is 23.9 Å². The number of halogens is 1. The molecule has 1 aliphatic rings. The summed E-state index contributed by atoms with van der Waals surface area (Å²) >= 11 is 6.65. The number of benzene rings is 1. The maximum Gasteiger partial charge on any atom is 0.250 e. The molecule has 2 aromatic heterocycles. The lowest BCUT2D eigenvalue weighted by Gasteiger charge is -2.22. The van der Waals surface area contributed by atoms with E-state index in [2.05, 4.69) is 21.1 Å². The molecule has 3 aromatic rings. The summed E-state index contributed by atoms with van der Waals surface area (Å²) in [4.78, 5) is 35.6. The second-order valence-electron chi connectivity index (χ2n) is 9.15. The summed E-state index contributed by atoms with van der Waals surface area (Å²) in [5.74, 6) is 1.97. The van der Waals surface area contributed by atoms with Gasteiger partial charge in [0.1, 0.15) is 17.3 Å². The standard InChI is InChI=1S/C27H32ClN7O4/c1-15-24(23-16(2)34-39-17(23)3)32-25(19-11-18(7-8-21(19)28)38-10-6-9-29-4)33-26(15)35-12-20(27(37)30-5)22(13-35)31-14-36/h7-8,11,14,29H,6,9-10,12-13H2,1-5H3,(H,30,37)(H,31,36). The van der Waals surface area contributed by atoms with Gasteiger partial charge in [-0.05, 0) is 59.0 Å². The van der Waals surface area contributed by atoms with Gasteiger partial charge in [-0.3, -0.25) is 9.59 Å². The van der Waals surface area contributed by atoms with Crippen LogP contribution in [0.15, 0.2) is 34.0 Å². The molecule has 1 aliphatic heterocycles. The van der Waals surface area contributed by atoms with Gasteiger partial charge in [-0.15, -0.1) is 0 Å². The van der Waals surface area contributed by atoms with Crippen LogP contribution in [0.1, 0.15) is 23.4 Å². The summed E-state index contributed by atoms with van der Waals surface area (Å²) in [6, 6.07) is 5.40. The van der Waals surface area contributed by atoms with E-state index >= 15 is 0 Å². The normalized spacial score (nSPS) is 13.1. The predicted molar refractivity (Wildman–Crippen MR) is 149 cm³/mol. The molecule has 0 saturated carbocycles. The number of nitrogens with zero attached hydrogens (tertiary/aromatic N) is 4. The minimum atomic E-state index is -0.272. The van der Waals surface area contributed by atoms with E-state index in [0.717, 1.165) is 24.1 Å². The number of aryl methyl sites for hydroxylation is 2. The summed E-state index contributed by atoms with van der Waals surface area (Å²) in [6.45, 7) is 7.50. The first-order valence-corrected chi connectivity index (χ1v) is 12.9. The van der Waals surface area contributed by atoms with E-state index in [9.17, 15) is 9.59 Å². The average Bonchev–Trinajstić information content (AvgIpc) is 3.50. The fraction of sp³-hybridized carbons (Fsp3) is 0.370. The maximum absolute atomic E-state index is 12.6. The molecule has 0 atom stereocenters. The fourth-order valence-corrected chi connectivity index (χ4v) is 4.75. The molecular formula is C27H32ClN7O4. The van der Waals surface area contributed by atoms with Crippen LogP contribution in [0.4, 0.5) is 5.82 Å². The summed E-state index contributed by atoms with van der Waals surface area (Å²) < 4.78 is 11.4. The van der Waals surface area contributed by atoms with Crippen molar-refractivity contribution < 1.29 is 18.8 Å². The summed E-state index contributed by atoms with van der Waals surface area (Å²) in [6.07, 6.45) is 1.42. The first-order valence-electron chi connectivity index (χ1n) is 12.6. The lowest BCUT2D eigenvalue weighted by atomic mass is 10.0. The zero-order valence-electron chi connectivity index (χ0n) is 22.6. The van der Waals surface area contributed by atoms with Crippen LogP contribution in [0.5, 0.6) is 5.75 Å². The number of ether oxygens (including phenoxy) is 1. The van der Waals surface area contributed by atoms with Crippen LogP contribution in [0, 0.1) is 20.8 Å². The van der Waals surface area contributed by atoms with E-state index < -0.39 is 0 Å². The van der Waals surface area contributed by atoms with E-state index in [1.165, 1.54) is 0 Å². The van der Waals surface area contributed by atoms with Crippen molar-refractivity contribution in [3.8, 4) is 28.4 Å². The molecule has 3 heterocycles. The van der Waals surface area contributed by atoms with Gasteiger partial charge >= 0.3 is 0 Å². The van der Waals surface area contributed by atoms with E-state index in [0.29, 0.717) is 69.4 Å². The second-order valence-corrected chi connectivity index (χ2v) is 9.55. The van der Waals surface area contributed by atoms with Crippen molar-refractivity contribution in [2.45, 2.75) is 27.2 Å². The number of carbonyl (C=O) groups excluding carboxylic acids is 2. The van der Waals surface area contributed by atoms with Gasteiger partial charge in [0.15, 0.2) is 5.82 Å². The van der Waals surface area contributed by atoms with Crippen LogP contribution in [0.3, 0.4) is 0 Å². The highest BCUT2D eigenvalue weighted by Crippen LogP contribution is 2.38. The van der Waals surface area contributed by atoms with Gasteiger partial charge in [-0.2, -0.15) is 0 Å². The van der Waals surface area contributed by atoms with Crippen LogP contribution < -0.4 is 25.6 Å². The van der Waals surface area contributed by atoms with Crippen molar-refractivity contribution in [1.29, 1.82) is 0 Å². The molecule has 0 spiro atoms. The first kappa shape index (κ1) is 28.1. The number of aromatic nitrogens is 3. The van der Waals surface area contributed by atoms with E-state index in [4.69, 9.17) is 30.8 Å². The van der Waals surface area contributed by atoms with Gasteiger partial charge in [0.2, 0.25) is 6.41 Å². The molecule has 0 unspecified atom stereocenters. The molecule has 4 rings (SSSR count). The molecule has 11 nitrogen and oxygen atoms in total. The Bertz CT molecular complexity index is 1400. The van der Waals surface area contributed by atoms with Gasteiger partial charge in [-0.1, -0.05) is 16.8 Å². The molecule has 0 bridgehead atoms. The summed E-state index contributed by atoms with van der Waals surface area (Å²) in [5.41, 5.74) is 4.43. The number of rotatable bonds is 11. The van der Waals surface area contributed by atoms with Crippen molar-refractivity contribution in [1.82, 2.24) is 31.1 Å². The van der Waals surface area contributed by atoms with Gasteiger partial charge in [0.25, 0.3) is 5.91 Å². The van der Waals surface area contributed by atoms with Crippen LogP contribution >= 0.6 is 11.6 Å². The number of hydrogen-bond acceptors (Lipinski definition) is 9. The smallest absolute Gasteiger partial charge is 0.250 e. The topological polar surface area (TPSA) is 135 Å².